The van der Waals surface area contributed by atoms with Gasteiger partial charge in [-0.3, -0.25) is 9.09 Å². The SMILES string of the molecule is O=P([O-])(OCC(F)(F)F)OC(F)(C(F)F)C(F)(F)F.[Na+]. The molecule has 0 aliphatic rings. The van der Waals surface area contributed by atoms with Crippen LogP contribution in [0.2, 0.25) is 0 Å². The normalized spacial score (nSPS) is 19.1. The van der Waals surface area contributed by atoms with Crippen LogP contribution in [0.25, 0.3) is 0 Å². The van der Waals surface area contributed by atoms with E-state index in [-0.39, 0.29) is 29.6 Å². The van der Waals surface area contributed by atoms with E-state index in [9.17, 15) is 49.0 Å². The molecule has 0 aromatic heterocycles. The van der Waals surface area contributed by atoms with Gasteiger partial charge in [-0.1, -0.05) is 0 Å². The summed E-state index contributed by atoms with van der Waals surface area (Å²) in [6.07, 6.45) is -16.8. The van der Waals surface area contributed by atoms with Crippen LogP contribution in [0, 0.1) is 0 Å². The third-order valence-corrected chi connectivity index (χ3v) is 2.23. The Morgan fingerprint density at radius 3 is 1.70 bits per heavy atom. The molecule has 0 saturated heterocycles. The number of phosphoric acid groups is 1. The predicted molar refractivity (Wildman–Crippen MR) is 36.6 cm³/mol. The number of halogens is 9. The van der Waals surface area contributed by atoms with E-state index in [1.165, 1.54) is 0 Å². The molecule has 0 rings (SSSR count). The van der Waals surface area contributed by atoms with Gasteiger partial charge < -0.3 is 9.42 Å². The third kappa shape index (κ3) is 6.96. The maximum absolute atomic E-state index is 12.7. The fraction of sp³-hybridized carbons (Fsp3) is 1.00. The Hall–Kier alpha value is 0.480. The molecule has 4 nitrogen and oxygen atoms in total. The maximum atomic E-state index is 12.7. The molecule has 0 aliphatic heterocycles. The fourth-order valence-corrected chi connectivity index (χ4v) is 1.42. The summed E-state index contributed by atoms with van der Waals surface area (Å²) < 4.78 is 122. The van der Waals surface area contributed by atoms with Crippen molar-refractivity contribution in [2.75, 3.05) is 6.61 Å². The van der Waals surface area contributed by atoms with Crippen LogP contribution in [0.5, 0.6) is 0 Å². The van der Waals surface area contributed by atoms with E-state index in [0.29, 0.717) is 0 Å². The fourth-order valence-electron chi connectivity index (χ4n) is 0.557. The van der Waals surface area contributed by atoms with Gasteiger partial charge >= 0.3 is 54.2 Å². The molecule has 2 atom stereocenters. The summed E-state index contributed by atoms with van der Waals surface area (Å²) in [7, 11) is -6.61. The summed E-state index contributed by atoms with van der Waals surface area (Å²) in [6, 6.07) is 0. The smallest absolute Gasteiger partial charge is 0.756 e. The second kappa shape index (κ2) is 7.16. The van der Waals surface area contributed by atoms with Gasteiger partial charge in [0.15, 0.2) is 6.61 Å². The number of alkyl halides is 9. The molecule has 0 aromatic rings. The molecule has 0 heterocycles. The molecule has 0 saturated carbocycles. The van der Waals surface area contributed by atoms with Gasteiger partial charge in [-0.15, -0.1) is 0 Å². The molecule has 20 heavy (non-hydrogen) atoms. The van der Waals surface area contributed by atoms with Crippen molar-refractivity contribution in [2.45, 2.75) is 24.6 Å². The van der Waals surface area contributed by atoms with Crippen molar-refractivity contribution >= 4 is 7.82 Å². The summed E-state index contributed by atoms with van der Waals surface area (Å²) in [5, 5.41) is 0. The van der Waals surface area contributed by atoms with Crippen LogP contribution in [0.1, 0.15) is 0 Å². The van der Waals surface area contributed by atoms with E-state index < -0.39 is 39.1 Å². The average Bonchev–Trinajstić information content (AvgIpc) is 2.11. The summed E-state index contributed by atoms with van der Waals surface area (Å²) >= 11 is 0. The van der Waals surface area contributed by atoms with Crippen LogP contribution >= 0.6 is 7.82 Å². The predicted octanol–water partition coefficient (Wildman–Crippen LogP) is -0.453. The summed E-state index contributed by atoms with van der Waals surface area (Å²) in [5.74, 6) is -6.00. The second-order valence-corrected chi connectivity index (χ2v) is 4.21. The van der Waals surface area contributed by atoms with Gasteiger partial charge in [-0.25, -0.2) is 8.78 Å². The van der Waals surface area contributed by atoms with Gasteiger partial charge in [0.25, 0.3) is 7.82 Å². The number of phosphoric ester groups is 1. The Morgan fingerprint density at radius 1 is 1.05 bits per heavy atom. The molecule has 0 spiro atoms. The zero-order chi connectivity index (χ0) is 15.7. The number of rotatable bonds is 5. The summed E-state index contributed by atoms with van der Waals surface area (Å²) in [4.78, 5) is 10.5. The van der Waals surface area contributed by atoms with Crippen molar-refractivity contribution in [3.63, 3.8) is 0 Å². The van der Waals surface area contributed by atoms with Gasteiger partial charge in [0.05, 0.1) is 0 Å². The Kier molecular flexibility index (Phi) is 8.15. The first-order valence-corrected chi connectivity index (χ1v) is 5.34. The van der Waals surface area contributed by atoms with Crippen molar-refractivity contribution in [3.8, 4) is 0 Å². The van der Waals surface area contributed by atoms with Crippen LogP contribution in [-0.2, 0) is 13.6 Å². The topological polar surface area (TPSA) is 58.6 Å². The second-order valence-electron chi connectivity index (χ2n) is 2.87. The van der Waals surface area contributed by atoms with Crippen molar-refractivity contribution in [1.29, 1.82) is 0 Å². The standard InChI is InChI=1S/C5H4F9O4P.Na/c6-2(7)4(11,5(12,13)14)18-19(15,16)17-1-3(8,9)10;/h2H,1H2,(H,15,16);/q;+1/p-1. The van der Waals surface area contributed by atoms with Crippen molar-refractivity contribution in [2.24, 2.45) is 0 Å². The van der Waals surface area contributed by atoms with Gasteiger partial charge in [0.1, 0.15) is 0 Å². The third-order valence-electron chi connectivity index (χ3n) is 1.30. The van der Waals surface area contributed by atoms with Gasteiger partial charge in [-0.2, -0.15) is 30.7 Å². The van der Waals surface area contributed by atoms with Gasteiger partial charge in [0.2, 0.25) is 0 Å². The zero-order valence-corrected chi connectivity index (χ0v) is 12.2. The van der Waals surface area contributed by atoms with Gasteiger partial charge in [0, 0.05) is 0 Å². The minimum Gasteiger partial charge on any atom is -0.756 e. The molecule has 0 aromatic carbocycles. The molecule has 15 heteroatoms. The number of hydrogen-bond acceptors (Lipinski definition) is 4. The quantitative estimate of drug-likeness (QED) is 0.382. The maximum Gasteiger partial charge on any atom is 1.00 e. The largest absolute Gasteiger partial charge is 1.00 e. The van der Waals surface area contributed by atoms with E-state index in [1.54, 1.807) is 0 Å². The first-order chi connectivity index (χ1) is 8.11. The summed E-state index contributed by atoms with van der Waals surface area (Å²) in [6.45, 7) is -2.66. The van der Waals surface area contributed by atoms with Gasteiger partial charge in [-0.05, 0) is 0 Å². The molecule has 2 unspecified atom stereocenters. The Balaban J connectivity index is 0. The van der Waals surface area contributed by atoms with E-state index in [0.717, 1.165) is 0 Å². The molecule has 116 valence electrons. The zero-order valence-electron chi connectivity index (χ0n) is 9.27. The van der Waals surface area contributed by atoms with E-state index in [4.69, 9.17) is 0 Å². The number of hydrogen-bond donors (Lipinski definition) is 0. The molecule has 0 bridgehead atoms. The first-order valence-electron chi connectivity index (χ1n) is 3.87. The molecule has 0 fully saturated rings. The van der Waals surface area contributed by atoms with Crippen LogP contribution in [0.4, 0.5) is 39.5 Å². The molecule has 0 N–H and O–H groups in total. The Morgan fingerprint density at radius 2 is 1.45 bits per heavy atom. The Bertz CT molecular complexity index is 357. The van der Waals surface area contributed by atoms with Crippen LogP contribution in [0.3, 0.4) is 0 Å². The molecular formula is C5H3F9NaO4P. The van der Waals surface area contributed by atoms with Crippen LogP contribution in [0.15, 0.2) is 0 Å². The average molecular weight is 352 g/mol. The Labute approximate surface area is 127 Å². The minimum absolute atomic E-state index is 0. The molecular weight excluding hydrogens is 349 g/mol. The molecule has 0 radical (unpaired) electrons. The van der Waals surface area contributed by atoms with Crippen molar-refractivity contribution in [1.82, 2.24) is 0 Å². The molecule has 0 aliphatic carbocycles. The van der Waals surface area contributed by atoms with Crippen molar-refractivity contribution in [3.05, 3.63) is 0 Å². The first kappa shape index (κ1) is 22.8. The molecule has 0 amide bonds. The minimum atomic E-state index is -6.61. The summed E-state index contributed by atoms with van der Waals surface area (Å²) in [5.41, 5.74) is 0. The van der Waals surface area contributed by atoms with Crippen LogP contribution < -0.4 is 34.5 Å². The van der Waals surface area contributed by atoms with E-state index in [1.807, 2.05) is 0 Å². The van der Waals surface area contributed by atoms with Crippen molar-refractivity contribution < 1.29 is 87.6 Å². The monoisotopic (exact) mass is 352 g/mol. The van der Waals surface area contributed by atoms with Crippen LogP contribution in [-0.4, -0.2) is 31.2 Å². The van der Waals surface area contributed by atoms with E-state index >= 15 is 0 Å². The van der Waals surface area contributed by atoms with E-state index in [2.05, 4.69) is 9.05 Å².